The third-order valence-corrected chi connectivity index (χ3v) is 5.25. The van der Waals surface area contributed by atoms with Crippen LogP contribution < -0.4 is 0 Å². The molecule has 124 valence electrons. The Morgan fingerprint density at radius 1 is 1.39 bits per heavy atom. The van der Waals surface area contributed by atoms with Gasteiger partial charge in [0, 0.05) is 32.2 Å². The van der Waals surface area contributed by atoms with Crippen LogP contribution in [0.15, 0.2) is 24.8 Å². The monoisotopic (exact) mass is 334 g/mol. The first kappa shape index (κ1) is 17.4. The quantitative estimate of drug-likeness (QED) is 0.416. The second kappa shape index (κ2) is 7.06. The van der Waals surface area contributed by atoms with Crippen molar-refractivity contribution in [1.82, 2.24) is 9.78 Å². The SMILES string of the molecule is C=Cc1nn(COCC[Si](C)(C)C)c2cc([N+](=O)OC)ccc12. The minimum Gasteiger partial charge on any atom is -0.360 e. The Bertz CT molecular complexity index is 719. The van der Waals surface area contributed by atoms with Gasteiger partial charge in [0.25, 0.3) is 4.92 Å². The minimum atomic E-state index is -1.11. The molecule has 0 amide bonds. The van der Waals surface area contributed by atoms with Crippen LogP contribution in [0.3, 0.4) is 0 Å². The zero-order valence-corrected chi connectivity index (χ0v) is 15.2. The lowest BCUT2D eigenvalue weighted by Crippen LogP contribution is -2.22. The van der Waals surface area contributed by atoms with Gasteiger partial charge in [-0.3, -0.25) is 0 Å². The Morgan fingerprint density at radius 3 is 2.74 bits per heavy atom. The highest BCUT2D eigenvalue weighted by Crippen LogP contribution is 2.25. The Hall–Kier alpha value is -1.99. The molecule has 6 nitrogen and oxygen atoms in total. The van der Waals surface area contributed by atoms with Gasteiger partial charge in [0.15, 0.2) is 7.11 Å². The number of hydrogen-bond donors (Lipinski definition) is 0. The highest BCUT2D eigenvalue weighted by atomic mass is 28.3. The van der Waals surface area contributed by atoms with Crippen molar-refractivity contribution in [3.05, 3.63) is 35.4 Å². The van der Waals surface area contributed by atoms with Gasteiger partial charge in [0.05, 0.1) is 16.1 Å². The zero-order valence-electron chi connectivity index (χ0n) is 14.2. The van der Waals surface area contributed by atoms with Crippen LogP contribution in [0.2, 0.25) is 25.7 Å². The third-order valence-electron chi connectivity index (χ3n) is 3.54. The summed E-state index contributed by atoms with van der Waals surface area (Å²) in [4.78, 5) is 16.8. The molecule has 0 fully saturated rings. The summed E-state index contributed by atoms with van der Waals surface area (Å²) < 4.78 is 7.52. The summed E-state index contributed by atoms with van der Waals surface area (Å²) in [6, 6.07) is 6.39. The van der Waals surface area contributed by atoms with Crippen LogP contribution >= 0.6 is 0 Å². The molecule has 23 heavy (non-hydrogen) atoms. The predicted octanol–water partition coefficient (Wildman–Crippen LogP) is 3.96. The van der Waals surface area contributed by atoms with E-state index >= 15 is 0 Å². The van der Waals surface area contributed by atoms with Gasteiger partial charge in [0.2, 0.25) is 0 Å². The van der Waals surface area contributed by atoms with Crippen LogP contribution in [0.5, 0.6) is 0 Å². The summed E-state index contributed by atoms with van der Waals surface area (Å²) in [5.41, 5.74) is 2.01. The molecule has 0 aliphatic carbocycles. The fourth-order valence-corrected chi connectivity index (χ4v) is 2.94. The molecule has 0 bridgehead atoms. The fourth-order valence-electron chi connectivity index (χ4n) is 2.19. The van der Waals surface area contributed by atoms with Gasteiger partial charge in [-0.25, -0.2) is 9.52 Å². The van der Waals surface area contributed by atoms with E-state index in [1.54, 1.807) is 22.9 Å². The number of rotatable bonds is 8. The number of hydrogen-bond acceptors (Lipinski definition) is 4. The summed E-state index contributed by atoms with van der Waals surface area (Å²) in [6.07, 6.45) is 1.70. The average Bonchev–Trinajstić information content (AvgIpc) is 2.87. The molecule has 0 spiro atoms. The minimum absolute atomic E-state index is 0.351. The first-order chi connectivity index (χ1) is 10.9. The number of nitrogens with zero attached hydrogens (tertiary/aromatic N) is 3. The van der Waals surface area contributed by atoms with Crippen molar-refractivity contribution in [3.63, 3.8) is 0 Å². The second-order valence-electron chi connectivity index (χ2n) is 6.58. The van der Waals surface area contributed by atoms with Gasteiger partial charge < -0.3 is 4.74 Å². The van der Waals surface area contributed by atoms with Crippen molar-refractivity contribution < 1.29 is 14.5 Å². The lowest BCUT2D eigenvalue weighted by Gasteiger charge is -2.15. The van der Waals surface area contributed by atoms with Crippen LogP contribution in [0, 0.1) is 4.91 Å². The maximum atomic E-state index is 11.6. The van der Waals surface area contributed by atoms with E-state index in [2.05, 4.69) is 31.3 Å². The zero-order chi connectivity index (χ0) is 17.0. The van der Waals surface area contributed by atoms with Crippen molar-refractivity contribution in [2.45, 2.75) is 32.4 Å². The predicted molar refractivity (Wildman–Crippen MR) is 94.2 cm³/mol. The molecule has 2 rings (SSSR count). The van der Waals surface area contributed by atoms with Crippen molar-refractivity contribution in [3.8, 4) is 0 Å². The van der Waals surface area contributed by atoms with Gasteiger partial charge in [-0.2, -0.15) is 5.10 Å². The van der Waals surface area contributed by atoms with Crippen molar-refractivity contribution in [2.24, 2.45) is 0 Å². The molecule has 0 radical (unpaired) electrons. The van der Waals surface area contributed by atoms with E-state index in [1.165, 1.54) is 7.11 Å². The van der Waals surface area contributed by atoms with E-state index < -0.39 is 8.07 Å². The number of benzene rings is 1. The highest BCUT2D eigenvalue weighted by Gasteiger charge is 2.18. The van der Waals surface area contributed by atoms with E-state index in [-0.39, 0.29) is 0 Å². The summed E-state index contributed by atoms with van der Waals surface area (Å²) in [6.45, 7) is 11.8. The van der Waals surface area contributed by atoms with E-state index in [1.807, 2.05) is 6.07 Å². The molecular formula is C16H24N3O3Si+. The first-order valence-electron chi connectivity index (χ1n) is 7.58. The molecule has 0 unspecified atom stereocenters. The molecule has 1 heterocycles. The van der Waals surface area contributed by atoms with Crippen molar-refractivity contribution in [1.29, 1.82) is 0 Å². The number of aromatic nitrogens is 2. The second-order valence-corrected chi connectivity index (χ2v) is 12.2. The number of fused-ring (bicyclic) bond motifs is 1. The van der Waals surface area contributed by atoms with Gasteiger partial charge in [-0.05, 0) is 18.2 Å². The largest absolute Gasteiger partial charge is 0.360 e. The molecule has 1 aromatic heterocycles. The number of ether oxygens (including phenoxy) is 1. The van der Waals surface area contributed by atoms with Crippen LogP contribution in [0.4, 0.5) is 5.69 Å². The maximum Gasteiger partial charge on any atom is 0.318 e. The standard InChI is InChI=1S/C16H24N3O3Si/c1-6-15-14-8-7-13(19(20)21-2)11-16(14)18(17-15)12-22-9-10-23(3,4)5/h6-8,11H,1,9-10,12H2,2-5H3/q+1. The molecule has 0 atom stereocenters. The molecular weight excluding hydrogens is 310 g/mol. The fraction of sp³-hybridized carbons (Fsp3) is 0.438. The first-order valence-corrected chi connectivity index (χ1v) is 11.3. The van der Waals surface area contributed by atoms with Crippen LogP contribution in [0.1, 0.15) is 5.69 Å². The van der Waals surface area contributed by atoms with Crippen LogP contribution in [-0.2, 0) is 16.3 Å². The van der Waals surface area contributed by atoms with E-state index in [9.17, 15) is 4.91 Å². The molecule has 7 heteroatoms. The van der Waals surface area contributed by atoms with Crippen LogP contribution in [-0.4, -0.2) is 36.5 Å². The summed E-state index contributed by atoms with van der Waals surface area (Å²) >= 11 is 0. The van der Waals surface area contributed by atoms with Gasteiger partial charge in [0.1, 0.15) is 6.73 Å². The molecule has 0 N–H and O–H groups in total. The van der Waals surface area contributed by atoms with E-state index in [4.69, 9.17) is 9.57 Å². The molecule has 0 aliphatic heterocycles. The van der Waals surface area contributed by atoms with Gasteiger partial charge in [-0.1, -0.05) is 26.2 Å². The van der Waals surface area contributed by atoms with E-state index in [0.717, 1.165) is 22.6 Å². The Kier molecular flexibility index (Phi) is 5.33. The van der Waals surface area contributed by atoms with Gasteiger partial charge in [-0.15, -0.1) is 0 Å². The molecule has 0 saturated carbocycles. The lowest BCUT2D eigenvalue weighted by atomic mass is 10.2. The lowest BCUT2D eigenvalue weighted by molar-refractivity contribution is -0.736. The third kappa shape index (κ3) is 4.26. The van der Waals surface area contributed by atoms with Gasteiger partial charge >= 0.3 is 5.69 Å². The molecule has 0 aliphatic rings. The summed E-state index contributed by atoms with van der Waals surface area (Å²) in [5, 5.41) is 5.42. The normalized spacial score (nSPS) is 11.7. The van der Waals surface area contributed by atoms with E-state index in [0.29, 0.717) is 23.9 Å². The average molecular weight is 334 g/mol. The Morgan fingerprint density at radius 2 is 2.13 bits per heavy atom. The van der Waals surface area contributed by atoms with Crippen LogP contribution in [0.25, 0.3) is 17.0 Å². The Labute approximate surface area is 137 Å². The topological polar surface area (TPSA) is 56.4 Å². The summed E-state index contributed by atoms with van der Waals surface area (Å²) in [5.74, 6) is 0. The smallest absolute Gasteiger partial charge is 0.318 e. The maximum absolute atomic E-state index is 11.6. The van der Waals surface area contributed by atoms with Crippen molar-refractivity contribution >= 4 is 30.7 Å². The molecule has 0 saturated heterocycles. The molecule has 1 aromatic carbocycles. The molecule has 2 aromatic rings. The highest BCUT2D eigenvalue weighted by molar-refractivity contribution is 6.76. The Balaban J connectivity index is 2.24. The summed E-state index contributed by atoms with van der Waals surface area (Å²) in [7, 11) is 0.222. The van der Waals surface area contributed by atoms with Crippen molar-refractivity contribution in [2.75, 3.05) is 13.7 Å².